The normalized spacial score (nSPS) is 10.2. The standard InChI is InChI=1S/C15H21NO4/c1-2-3-4-5-6-7-10-20-15-9-8-14(16(18)19)11-13(15)12-17/h8-9,11-12H,2-7,10H2,1H3. The number of unbranched alkanes of at least 4 members (excludes halogenated alkanes) is 5. The van der Waals surface area contributed by atoms with Gasteiger partial charge in [-0.3, -0.25) is 14.9 Å². The van der Waals surface area contributed by atoms with Crippen LogP contribution < -0.4 is 4.74 Å². The van der Waals surface area contributed by atoms with Gasteiger partial charge in [0.15, 0.2) is 6.29 Å². The van der Waals surface area contributed by atoms with E-state index in [1.165, 1.54) is 43.9 Å². The summed E-state index contributed by atoms with van der Waals surface area (Å²) in [6, 6.07) is 4.08. The highest BCUT2D eigenvalue weighted by Gasteiger charge is 2.11. The lowest BCUT2D eigenvalue weighted by Gasteiger charge is -2.08. The molecule has 0 saturated heterocycles. The van der Waals surface area contributed by atoms with E-state index in [2.05, 4.69) is 6.92 Å². The highest BCUT2D eigenvalue weighted by molar-refractivity contribution is 5.80. The minimum atomic E-state index is -0.523. The van der Waals surface area contributed by atoms with Crippen molar-refractivity contribution in [3.8, 4) is 5.75 Å². The second kappa shape index (κ2) is 9.07. The van der Waals surface area contributed by atoms with Crippen LogP contribution in [-0.4, -0.2) is 17.8 Å². The predicted octanol–water partition coefficient (Wildman–Crippen LogP) is 4.15. The number of hydrogen-bond acceptors (Lipinski definition) is 4. The summed E-state index contributed by atoms with van der Waals surface area (Å²) in [6.45, 7) is 2.71. The van der Waals surface area contributed by atoms with E-state index in [4.69, 9.17) is 4.74 Å². The molecule has 0 heterocycles. The van der Waals surface area contributed by atoms with Crippen molar-refractivity contribution >= 4 is 12.0 Å². The van der Waals surface area contributed by atoms with Gasteiger partial charge in [-0.1, -0.05) is 39.0 Å². The lowest BCUT2D eigenvalue weighted by atomic mass is 10.1. The van der Waals surface area contributed by atoms with E-state index in [1.54, 1.807) is 0 Å². The molecule has 0 amide bonds. The second-order valence-electron chi connectivity index (χ2n) is 4.71. The van der Waals surface area contributed by atoms with E-state index in [1.807, 2.05) is 0 Å². The van der Waals surface area contributed by atoms with Crippen LogP contribution in [0.15, 0.2) is 18.2 Å². The van der Waals surface area contributed by atoms with E-state index < -0.39 is 4.92 Å². The van der Waals surface area contributed by atoms with Gasteiger partial charge in [0.1, 0.15) is 5.75 Å². The summed E-state index contributed by atoms with van der Waals surface area (Å²) in [6.07, 6.45) is 7.54. The van der Waals surface area contributed by atoms with Gasteiger partial charge in [-0.2, -0.15) is 0 Å². The van der Waals surface area contributed by atoms with Crippen molar-refractivity contribution in [1.82, 2.24) is 0 Å². The minimum Gasteiger partial charge on any atom is -0.493 e. The molecule has 1 rings (SSSR count). The van der Waals surface area contributed by atoms with E-state index in [0.717, 1.165) is 12.8 Å². The number of benzene rings is 1. The molecule has 5 nitrogen and oxygen atoms in total. The molecule has 0 radical (unpaired) electrons. The summed E-state index contributed by atoms with van der Waals surface area (Å²) >= 11 is 0. The molecule has 0 unspecified atom stereocenters. The van der Waals surface area contributed by atoms with Crippen LogP contribution in [0.1, 0.15) is 55.8 Å². The van der Waals surface area contributed by atoms with Crippen LogP contribution in [0, 0.1) is 10.1 Å². The molecule has 0 aromatic heterocycles. The zero-order valence-electron chi connectivity index (χ0n) is 11.8. The molecule has 0 N–H and O–H groups in total. The Morgan fingerprint density at radius 3 is 2.55 bits per heavy atom. The third-order valence-corrected chi connectivity index (χ3v) is 3.09. The Hall–Kier alpha value is -1.91. The largest absolute Gasteiger partial charge is 0.493 e. The highest BCUT2D eigenvalue weighted by atomic mass is 16.6. The Morgan fingerprint density at radius 1 is 1.20 bits per heavy atom. The van der Waals surface area contributed by atoms with Crippen molar-refractivity contribution in [3.63, 3.8) is 0 Å². The van der Waals surface area contributed by atoms with Crippen molar-refractivity contribution in [2.24, 2.45) is 0 Å². The molecule has 0 fully saturated rings. The number of hydrogen-bond donors (Lipinski definition) is 0. The lowest BCUT2D eigenvalue weighted by molar-refractivity contribution is -0.384. The molecule has 0 bridgehead atoms. The van der Waals surface area contributed by atoms with Crippen LogP contribution in [-0.2, 0) is 0 Å². The molecule has 0 spiro atoms. The molecule has 0 aliphatic rings. The third-order valence-electron chi connectivity index (χ3n) is 3.09. The molecule has 0 atom stereocenters. The average Bonchev–Trinajstić information content (AvgIpc) is 2.46. The van der Waals surface area contributed by atoms with Crippen LogP contribution in [0.2, 0.25) is 0 Å². The number of carbonyl (C=O) groups excluding carboxylic acids is 1. The van der Waals surface area contributed by atoms with E-state index in [0.29, 0.717) is 18.6 Å². The summed E-state index contributed by atoms with van der Waals surface area (Å²) in [5.74, 6) is 0.416. The maximum Gasteiger partial charge on any atom is 0.270 e. The van der Waals surface area contributed by atoms with Crippen molar-refractivity contribution in [1.29, 1.82) is 0 Å². The Kier molecular flexibility index (Phi) is 7.32. The highest BCUT2D eigenvalue weighted by Crippen LogP contribution is 2.23. The maximum absolute atomic E-state index is 10.9. The molecular formula is C15H21NO4. The van der Waals surface area contributed by atoms with Crippen molar-refractivity contribution in [2.45, 2.75) is 45.4 Å². The first-order chi connectivity index (χ1) is 9.69. The SMILES string of the molecule is CCCCCCCCOc1ccc([N+](=O)[O-])cc1C=O. The number of nitro benzene ring substituents is 1. The maximum atomic E-state index is 10.9. The quantitative estimate of drug-likeness (QED) is 0.279. The number of rotatable bonds is 10. The molecule has 5 heteroatoms. The van der Waals surface area contributed by atoms with Gasteiger partial charge in [0.05, 0.1) is 17.1 Å². The summed E-state index contributed by atoms with van der Waals surface area (Å²) in [5, 5.41) is 10.6. The van der Waals surface area contributed by atoms with Crippen LogP contribution in [0.3, 0.4) is 0 Å². The van der Waals surface area contributed by atoms with Gasteiger partial charge in [0.2, 0.25) is 0 Å². The fourth-order valence-electron chi connectivity index (χ4n) is 1.94. The van der Waals surface area contributed by atoms with Crippen LogP contribution in [0.5, 0.6) is 5.75 Å². The molecule has 110 valence electrons. The molecule has 1 aromatic carbocycles. The molecule has 0 saturated carbocycles. The average molecular weight is 279 g/mol. The number of aldehydes is 1. The smallest absolute Gasteiger partial charge is 0.270 e. The molecule has 20 heavy (non-hydrogen) atoms. The zero-order valence-corrected chi connectivity index (χ0v) is 11.8. The number of non-ortho nitro benzene ring substituents is 1. The Bertz CT molecular complexity index is 445. The summed E-state index contributed by atoms with van der Waals surface area (Å²) in [5.41, 5.74) is 0.129. The second-order valence-corrected chi connectivity index (χ2v) is 4.71. The molecule has 1 aromatic rings. The van der Waals surface area contributed by atoms with Crippen molar-refractivity contribution < 1.29 is 14.5 Å². The molecular weight excluding hydrogens is 258 g/mol. The molecule has 0 aliphatic heterocycles. The van der Waals surface area contributed by atoms with Crippen LogP contribution in [0.25, 0.3) is 0 Å². The monoisotopic (exact) mass is 279 g/mol. The van der Waals surface area contributed by atoms with Crippen molar-refractivity contribution in [3.05, 3.63) is 33.9 Å². The number of nitrogens with zero attached hydrogens (tertiary/aromatic N) is 1. The van der Waals surface area contributed by atoms with Gasteiger partial charge >= 0.3 is 0 Å². The van der Waals surface area contributed by atoms with Gasteiger partial charge in [0.25, 0.3) is 5.69 Å². The summed E-state index contributed by atoms with van der Waals surface area (Å²) < 4.78 is 5.52. The van der Waals surface area contributed by atoms with Gasteiger partial charge < -0.3 is 4.74 Å². The fourth-order valence-corrected chi connectivity index (χ4v) is 1.94. The molecule has 0 aliphatic carbocycles. The summed E-state index contributed by atoms with van der Waals surface area (Å²) in [7, 11) is 0. The first-order valence-electron chi connectivity index (χ1n) is 7.05. The van der Waals surface area contributed by atoms with Crippen LogP contribution >= 0.6 is 0 Å². The number of ether oxygens (including phenoxy) is 1. The van der Waals surface area contributed by atoms with Gasteiger partial charge in [-0.15, -0.1) is 0 Å². The third kappa shape index (κ3) is 5.38. The first-order valence-corrected chi connectivity index (χ1v) is 7.05. The Labute approximate surface area is 119 Å². The number of nitro groups is 1. The number of carbonyl (C=O) groups is 1. The van der Waals surface area contributed by atoms with E-state index in [9.17, 15) is 14.9 Å². The summed E-state index contributed by atoms with van der Waals surface area (Å²) in [4.78, 5) is 21.0. The van der Waals surface area contributed by atoms with Crippen molar-refractivity contribution in [2.75, 3.05) is 6.61 Å². The van der Waals surface area contributed by atoms with Crippen LogP contribution in [0.4, 0.5) is 5.69 Å². The zero-order chi connectivity index (χ0) is 14.8. The Morgan fingerprint density at radius 2 is 1.90 bits per heavy atom. The van der Waals surface area contributed by atoms with Gasteiger partial charge in [0, 0.05) is 12.1 Å². The van der Waals surface area contributed by atoms with Gasteiger partial charge in [-0.05, 0) is 12.5 Å². The van der Waals surface area contributed by atoms with E-state index in [-0.39, 0.29) is 11.3 Å². The first kappa shape index (κ1) is 16.1. The van der Waals surface area contributed by atoms with Gasteiger partial charge in [-0.25, -0.2) is 0 Å². The minimum absolute atomic E-state index is 0.0981. The fraction of sp³-hybridized carbons (Fsp3) is 0.533. The van der Waals surface area contributed by atoms with E-state index >= 15 is 0 Å². The lowest BCUT2D eigenvalue weighted by Crippen LogP contribution is -2.01. The topological polar surface area (TPSA) is 69.4 Å². The Balaban J connectivity index is 2.40. The predicted molar refractivity (Wildman–Crippen MR) is 77.4 cm³/mol.